The summed E-state index contributed by atoms with van der Waals surface area (Å²) in [6.07, 6.45) is 5.74. The first-order valence-electron chi connectivity index (χ1n) is 5.86. The Morgan fingerprint density at radius 3 is 2.86 bits per heavy atom. The number of unbranched alkanes of at least 4 members (excludes halogenated alkanes) is 1. The van der Waals surface area contributed by atoms with Crippen molar-refractivity contribution in [2.45, 2.75) is 52.0 Å². The van der Waals surface area contributed by atoms with Crippen LogP contribution in [0.2, 0.25) is 0 Å². The molecule has 80 valence electrons. The zero-order valence-corrected chi connectivity index (χ0v) is 9.42. The molecule has 0 amide bonds. The quantitative estimate of drug-likeness (QED) is 0.698. The van der Waals surface area contributed by atoms with Gasteiger partial charge in [-0.15, -0.1) is 0 Å². The lowest BCUT2D eigenvalue weighted by atomic mass is 9.78. The number of hydrogen-bond acceptors (Lipinski definition) is 2. The summed E-state index contributed by atoms with van der Waals surface area (Å²) < 4.78 is 0. The Morgan fingerprint density at radius 1 is 1.36 bits per heavy atom. The van der Waals surface area contributed by atoms with Crippen LogP contribution in [-0.4, -0.2) is 12.6 Å². The molecule has 1 aliphatic carbocycles. The number of rotatable bonds is 4. The first-order chi connectivity index (χ1) is 6.75. The van der Waals surface area contributed by atoms with Gasteiger partial charge in [-0.25, -0.2) is 0 Å². The monoisotopic (exact) mass is 194 g/mol. The fraction of sp³-hybridized carbons (Fsp3) is 0.917. The summed E-state index contributed by atoms with van der Waals surface area (Å²) in [4.78, 5) is 0. The molecular formula is C12H22N2. The van der Waals surface area contributed by atoms with Crippen LogP contribution in [0.15, 0.2) is 0 Å². The molecule has 0 aromatic rings. The molecule has 0 heterocycles. The van der Waals surface area contributed by atoms with Crippen LogP contribution >= 0.6 is 0 Å². The van der Waals surface area contributed by atoms with E-state index in [4.69, 9.17) is 5.26 Å². The van der Waals surface area contributed by atoms with Crippen LogP contribution in [0.4, 0.5) is 0 Å². The average Bonchev–Trinajstić information content (AvgIpc) is 2.19. The first kappa shape index (κ1) is 11.5. The summed E-state index contributed by atoms with van der Waals surface area (Å²) >= 11 is 0. The Labute approximate surface area is 87.7 Å². The molecule has 0 aliphatic heterocycles. The van der Waals surface area contributed by atoms with Crippen molar-refractivity contribution in [3.05, 3.63) is 0 Å². The SMILES string of the molecule is CC1CCCC(NCCCC#N)C1C. The summed E-state index contributed by atoms with van der Waals surface area (Å²) in [5.74, 6) is 1.66. The van der Waals surface area contributed by atoms with Crippen LogP contribution in [0, 0.1) is 23.2 Å². The second-order valence-corrected chi connectivity index (χ2v) is 4.59. The predicted molar refractivity (Wildman–Crippen MR) is 58.8 cm³/mol. The van der Waals surface area contributed by atoms with E-state index >= 15 is 0 Å². The van der Waals surface area contributed by atoms with E-state index < -0.39 is 0 Å². The Morgan fingerprint density at radius 2 is 2.14 bits per heavy atom. The third-order valence-corrected chi connectivity index (χ3v) is 3.58. The minimum atomic E-state index is 0.684. The standard InChI is InChI=1S/C12H22N2/c1-10-6-5-7-12(11(10)2)14-9-4-3-8-13/h10-12,14H,3-7,9H2,1-2H3. The van der Waals surface area contributed by atoms with E-state index in [9.17, 15) is 0 Å². The van der Waals surface area contributed by atoms with Crippen molar-refractivity contribution in [3.8, 4) is 6.07 Å². The average molecular weight is 194 g/mol. The molecule has 3 unspecified atom stereocenters. The topological polar surface area (TPSA) is 35.8 Å². The molecule has 0 aromatic heterocycles. The molecule has 1 fully saturated rings. The zero-order chi connectivity index (χ0) is 10.4. The van der Waals surface area contributed by atoms with Gasteiger partial charge >= 0.3 is 0 Å². The first-order valence-corrected chi connectivity index (χ1v) is 5.86. The van der Waals surface area contributed by atoms with E-state index in [0.29, 0.717) is 12.5 Å². The highest BCUT2D eigenvalue weighted by Crippen LogP contribution is 2.29. The largest absolute Gasteiger partial charge is 0.314 e. The van der Waals surface area contributed by atoms with Gasteiger partial charge < -0.3 is 5.32 Å². The fourth-order valence-electron chi connectivity index (χ4n) is 2.32. The lowest BCUT2D eigenvalue weighted by molar-refractivity contribution is 0.207. The number of nitriles is 1. The van der Waals surface area contributed by atoms with Crippen LogP contribution in [0.5, 0.6) is 0 Å². The normalized spacial score (nSPS) is 32.5. The third-order valence-electron chi connectivity index (χ3n) is 3.58. The maximum absolute atomic E-state index is 8.42. The van der Waals surface area contributed by atoms with Gasteiger partial charge in [0.05, 0.1) is 6.07 Å². The van der Waals surface area contributed by atoms with Gasteiger partial charge in [-0.3, -0.25) is 0 Å². The van der Waals surface area contributed by atoms with Gasteiger partial charge in [-0.05, 0) is 31.2 Å². The van der Waals surface area contributed by atoms with Crippen LogP contribution in [0.3, 0.4) is 0 Å². The highest BCUT2D eigenvalue weighted by Gasteiger charge is 2.25. The molecule has 14 heavy (non-hydrogen) atoms. The van der Waals surface area contributed by atoms with Gasteiger partial charge in [-0.1, -0.05) is 26.7 Å². The maximum atomic E-state index is 8.42. The number of nitrogens with zero attached hydrogens (tertiary/aromatic N) is 1. The highest BCUT2D eigenvalue weighted by molar-refractivity contribution is 4.82. The third kappa shape index (κ3) is 3.31. The summed E-state index contributed by atoms with van der Waals surface area (Å²) in [5, 5.41) is 12.0. The molecule has 0 spiro atoms. The van der Waals surface area contributed by atoms with Crippen molar-refractivity contribution in [3.63, 3.8) is 0 Å². The van der Waals surface area contributed by atoms with Crippen molar-refractivity contribution < 1.29 is 0 Å². The Bertz CT molecular complexity index is 195. The van der Waals surface area contributed by atoms with Gasteiger partial charge in [-0.2, -0.15) is 5.26 Å². The van der Waals surface area contributed by atoms with Crippen LogP contribution in [0.25, 0.3) is 0 Å². The molecule has 3 atom stereocenters. The molecule has 1 N–H and O–H groups in total. The molecular weight excluding hydrogens is 172 g/mol. The van der Waals surface area contributed by atoms with E-state index in [2.05, 4.69) is 25.2 Å². The maximum Gasteiger partial charge on any atom is 0.0622 e. The summed E-state index contributed by atoms with van der Waals surface area (Å²) in [6.45, 7) is 5.72. The molecule has 2 heteroatoms. The van der Waals surface area contributed by atoms with Gasteiger partial charge in [0.1, 0.15) is 0 Å². The van der Waals surface area contributed by atoms with E-state index in [0.717, 1.165) is 24.8 Å². The predicted octanol–water partition coefficient (Wildman–Crippen LogP) is 2.70. The smallest absolute Gasteiger partial charge is 0.0622 e. The Balaban J connectivity index is 2.19. The van der Waals surface area contributed by atoms with Gasteiger partial charge in [0.25, 0.3) is 0 Å². The molecule has 0 bridgehead atoms. The van der Waals surface area contributed by atoms with Crippen LogP contribution in [-0.2, 0) is 0 Å². The fourth-order valence-corrected chi connectivity index (χ4v) is 2.32. The van der Waals surface area contributed by atoms with Crippen molar-refractivity contribution >= 4 is 0 Å². The molecule has 0 saturated heterocycles. The lowest BCUT2D eigenvalue weighted by Crippen LogP contribution is -2.40. The lowest BCUT2D eigenvalue weighted by Gasteiger charge is -2.34. The molecule has 0 aromatic carbocycles. The number of nitrogens with one attached hydrogen (secondary N) is 1. The van der Waals surface area contributed by atoms with Gasteiger partial charge in [0.15, 0.2) is 0 Å². The molecule has 0 radical (unpaired) electrons. The summed E-state index contributed by atoms with van der Waals surface area (Å²) in [6, 6.07) is 2.88. The molecule has 1 aliphatic rings. The summed E-state index contributed by atoms with van der Waals surface area (Å²) in [5.41, 5.74) is 0. The zero-order valence-electron chi connectivity index (χ0n) is 9.42. The minimum absolute atomic E-state index is 0.684. The Kier molecular flexibility index (Phi) is 4.97. The summed E-state index contributed by atoms with van der Waals surface area (Å²) in [7, 11) is 0. The van der Waals surface area contributed by atoms with Crippen molar-refractivity contribution in [2.75, 3.05) is 6.54 Å². The van der Waals surface area contributed by atoms with E-state index in [1.165, 1.54) is 19.3 Å². The minimum Gasteiger partial charge on any atom is -0.314 e. The molecule has 1 saturated carbocycles. The van der Waals surface area contributed by atoms with E-state index in [-0.39, 0.29) is 0 Å². The van der Waals surface area contributed by atoms with Crippen molar-refractivity contribution in [2.24, 2.45) is 11.8 Å². The highest BCUT2D eigenvalue weighted by atomic mass is 14.9. The van der Waals surface area contributed by atoms with Crippen LogP contribution in [0.1, 0.15) is 46.0 Å². The molecule has 1 rings (SSSR count). The van der Waals surface area contributed by atoms with Gasteiger partial charge in [0.2, 0.25) is 0 Å². The molecule has 2 nitrogen and oxygen atoms in total. The van der Waals surface area contributed by atoms with Crippen molar-refractivity contribution in [1.82, 2.24) is 5.32 Å². The van der Waals surface area contributed by atoms with E-state index in [1.807, 2.05) is 0 Å². The van der Waals surface area contributed by atoms with Crippen molar-refractivity contribution in [1.29, 1.82) is 5.26 Å². The Hall–Kier alpha value is -0.550. The van der Waals surface area contributed by atoms with Crippen LogP contribution < -0.4 is 5.32 Å². The van der Waals surface area contributed by atoms with E-state index in [1.54, 1.807) is 0 Å². The second-order valence-electron chi connectivity index (χ2n) is 4.59. The second kappa shape index (κ2) is 6.03. The number of hydrogen-bond donors (Lipinski definition) is 1. The van der Waals surface area contributed by atoms with Gasteiger partial charge in [0, 0.05) is 12.5 Å².